The van der Waals surface area contributed by atoms with Crippen LogP contribution in [0.1, 0.15) is 6.92 Å². The van der Waals surface area contributed by atoms with E-state index in [1.807, 2.05) is 6.92 Å². The minimum absolute atomic E-state index is 0.0969. The van der Waals surface area contributed by atoms with Crippen molar-refractivity contribution in [3.05, 3.63) is 0 Å². The first-order valence-corrected chi connectivity index (χ1v) is 5.29. The third-order valence-electron chi connectivity index (χ3n) is 1.99. The molecule has 0 saturated carbocycles. The molecule has 0 radical (unpaired) electrons. The summed E-state index contributed by atoms with van der Waals surface area (Å²) in [6, 6.07) is -0.183. The molecule has 0 bridgehead atoms. The highest BCUT2D eigenvalue weighted by Gasteiger charge is 2.33. The summed E-state index contributed by atoms with van der Waals surface area (Å²) in [7, 11) is 1.64. The summed E-state index contributed by atoms with van der Waals surface area (Å²) < 4.78 is 0. The van der Waals surface area contributed by atoms with Crippen molar-refractivity contribution in [2.45, 2.75) is 6.92 Å². The Balaban J connectivity index is 2.59. The van der Waals surface area contributed by atoms with E-state index < -0.39 is 0 Å². The number of urea groups is 1. The number of halogens is 1. The molecule has 1 unspecified atom stereocenters. The van der Waals surface area contributed by atoms with Crippen molar-refractivity contribution in [3.63, 3.8) is 0 Å². The second kappa shape index (κ2) is 4.09. The van der Waals surface area contributed by atoms with Crippen molar-refractivity contribution < 1.29 is 9.59 Å². The minimum atomic E-state index is -0.183. The number of amides is 3. The van der Waals surface area contributed by atoms with Gasteiger partial charge >= 0.3 is 6.03 Å². The Bertz CT molecular complexity index is 232. The van der Waals surface area contributed by atoms with Crippen LogP contribution in [0.2, 0.25) is 0 Å². The van der Waals surface area contributed by atoms with Crippen LogP contribution in [-0.4, -0.2) is 47.2 Å². The van der Waals surface area contributed by atoms with Gasteiger partial charge in [0.1, 0.15) is 6.54 Å². The van der Waals surface area contributed by atoms with Crippen LogP contribution >= 0.6 is 15.9 Å². The highest BCUT2D eigenvalue weighted by atomic mass is 79.9. The Hall–Kier alpha value is -0.580. The molecular weight excluding hydrogens is 236 g/mol. The first kappa shape index (κ1) is 10.5. The largest absolute Gasteiger partial charge is 0.326 e. The summed E-state index contributed by atoms with van der Waals surface area (Å²) in [6.45, 7) is 2.72. The summed E-state index contributed by atoms with van der Waals surface area (Å²) in [5, 5.41) is 0.799. The second-order valence-electron chi connectivity index (χ2n) is 3.40. The number of hydrogen-bond acceptors (Lipinski definition) is 2. The topological polar surface area (TPSA) is 40.6 Å². The lowest BCUT2D eigenvalue weighted by Gasteiger charge is -2.17. The average molecular weight is 249 g/mol. The lowest BCUT2D eigenvalue weighted by atomic mass is 10.2. The number of nitrogens with zero attached hydrogens (tertiary/aromatic N) is 2. The van der Waals surface area contributed by atoms with Crippen LogP contribution in [0.3, 0.4) is 0 Å². The maximum atomic E-state index is 11.4. The van der Waals surface area contributed by atoms with E-state index in [1.54, 1.807) is 7.05 Å². The Kier molecular flexibility index (Phi) is 3.30. The Morgan fingerprint density at radius 1 is 1.54 bits per heavy atom. The van der Waals surface area contributed by atoms with E-state index in [-0.39, 0.29) is 18.5 Å². The number of alkyl halides is 1. The van der Waals surface area contributed by atoms with Crippen molar-refractivity contribution >= 4 is 27.9 Å². The van der Waals surface area contributed by atoms with Gasteiger partial charge in [-0.25, -0.2) is 4.79 Å². The molecule has 74 valence electrons. The third-order valence-corrected chi connectivity index (χ3v) is 3.09. The molecule has 0 N–H and O–H groups in total. The Morgan fingerprint density at radius 2 is 2.15 bits per heavy atom. The highest BCUT2D eigenvalue weighted by molar-refractivity contribution is 9.09. The summed E-state index contributed by atoms with van der Waals surface area (Å²) in [5.74, 6) is 0.208. The molecule has 13 heavy (non-hydrogen) atoms. The van der Waals surface area contributed by atoms with E-state index in [0.29, 0.717) is 12.5 Å². The fourth-order valence-corrected chi connectivity index (χ4v) is 1.41. The maximum Gasteiger partial charge on any atom is 0.326 e. The summed E-state index contributed by atoms with van der Waals surface area (Å²) in [6.07, 6.45) is 0. The van der Waals surface area contributed by atoms with Crippen molar-refractivity contribution in [3.8, 4) is 0 Å². The molecule has 0 aromatic rings. The monoisotopic (exact) mass is 248 g/mol. The number of carbonyl (C=O) groups excluding carboxylic acids is 2. The van der Waals surface area contributed by atoms with Gasteiger partial charge < -0.3 is 4.90 Å². The molecule has 1 rings (SSSR count). The number of hydrogen-bond donors (Lipinski definition) is 0. The molecule has 3 amide bonds. The van der Waals surface area contributed by atoms with E-state index >= 15 is 0 Å². The molecule has 4 nitrogen and oxygen atoms in total. The normalized spacial score (nSPS) is 19.9. The number of rotatable bonds is 3. The first-order valence-electron chi connectivity index (χ1n) is 4.17. The average Bonchev–Trinajstić information content (AvgIpc) is 2.32. The fraction of sp³-hybridized carbons (Fsp3) is 0.750. The van der Waals surface area contributed by atoms with E-state index in [2.05, 4.69) is 15.9 Å². The molecule has 1 atom stereocenters. The summed E-state index contributed by atoms with van der Waals surface area (Å²) in [5.41, 5.74) is 0. The SMILES string of the molecule is CC(CBr)CN1C(=O)CN(C)C1=O. The third kappa shape index (κ3) is 2.21. The molecule has 1 fully saturated rings. The van der Waals surface area contributed by atoms with Crippen LogP contribution in [-0.2, 0) is 4.79 Å². The molecule has 1 saturated heterocycles. The van der Waals surface area contributed by atoms with E-state index in [1.165, 1.54) is 9.80 Å². The molecule has 0 spiro atoms. The van der Waals surface area contributed by atoms with E-state index in [4.69, 9.17) is 0 Å². The van der Waals surface area contributed by atoms with Gasteiger partial charge in [0.2, 0.25) is 5.91 Å². The van der Waals surface area contributed by atoms with E-state index in [9.17, 15) is 9.59 Å². The number of imide groups is 1. The summed E-state index contributed by atoms with van der Waals surface area (Å²) >= 11 is 3.31. The van der Waals surface area contributed by atoms with Crippen molar-refractivity contribution in [2.24, 2.45) is 5.92 Å². The standard InChI is InChI=1S/C8H13BrN2O2/c1-6(3-9)4-11-7(12)5-10(2)8(11)13/h6H,3-5H2,1-2H3. The molecule has 1 aliphatic heterocycles. The minimum Gasteiger partial charge on any atom is -0.318 e. The molecule has 1 aliphatic rings. The van der Waals surface area contributed by atoms with Gasteiger partial charge in [-0.3, -0.25) is 9.69 Å². The zero-order valence-electron chi connectivity index (χ0n) is 7.79. The van der Waals surface area contributed by atoms with Crippen LogP contribution in [0.25, 0.3) is 0 Å². The van der Waals surface area contributed by atoms with Gasteiger partial charge in [-0.15, -0.1) is 0 Å². The van der Waals surface area contributed by atoms with Crippen molar-refractivity contribution in [1.82, 2.24) is 9.80 Å². The van der Waals surface area contributed by atoms with Gasteiger partial charge in [0.25, 0.3) is 0 Å². The Labute approximate surface area is 86.0 Å². The smallest absolute Gasteiger partial charge is 0.318 e. The van der Waals surface area contributed by atoms with Crippen molar-refractivity contribution in [1.29, 1.82) is 0 Å². The van der Waals surface area contributed by atoms with Crippen molar-refractivity contribution in [2.75, 3.05) is 25.5 Å². The van der Waals surface area contributed by atoms with Gasteiger partial charge in [-0.1, -0.05) is 22.9 Å². The molecular formula is C8H13BrN2O2. The molecule has 0 aromatic carbocycles. The highest BCUT2D eigenvalue weighted by Crippen LogP contribution is 2.11. The van der Waals surface area contributed by atoms with Gasteiger partial charge in [-0.05, 0) is 5.92 Å². The van der Waals surface area contributed by atoms with Crippen LogP contribution in [0.15, 0.2) is 0 Å². The van der Waals surface area contributed by atoms with Gasteiger partial charge in [0, 0.05) is 18.9 Å². The van der Waals surface area contributed by atoms with Gasteiger partial charge in [0.15, 0.2) is 0 Å². The van der Waals surface area contributed by atoms with Gasteiger partial charge in [0.05, 0.1) is 0 Å². The van der Waals surface area contributed by atoms with Crippen LogP contribution in [0.4, 0.5) is 4.79 Å². The summed E-state index contributed by atoms with van der Waals surface area (Å²) in [4.78, 5) is 25.4. The lowest BCUT2D eigenvalue weighted by molar-refractivity contribution is -0.125. The maximum absolute atomic E-state index is 11.4. The number of carbonyl (C=O) groups is 2. The van der Waals surface area contributed by atoms with Crippen LogP contribution < -0.4 is 0 Å². The lowest BCUT2D eigenvalue weighted by Crippen LogP contribution is -2.35. The molecule has 0 aliphatic carbocycles. The molecule has 0 aromatic heterocycles. The van der Waals surface area contributed by atoms with E-state index in [0.717, 1.165) is 5.33 Å². The quantitative estimate of drug-likeness (QED) is 0.551. The fourth-order valence-electron chi connectivity index (χ4n) is 1.21. The first-order chi connectivity index (χ1) is 6.06. The second-order valence-corrected chi connectivity index (χ2v) is 4.05. The van der Waals surface area contributed by atoms with Gasteiger partial charge in [-0.2, -0.15) is 0 Å². The van der Waals surface area contributed by atoms with Crippen LogP contribution in [0.5, 0.6) is 0 Å². The zero-order valence-corrected chi connectivity index (χ0v) is 9.37. The predicted octanol–water partition coefficient (Wildman–Crippen LogP) is 0.911. The number of likely N-dealkylation sites (N-methyl/N-ethyl adjacent to an activating group) is 1. The molecule has 1 heterocycles. The zero-order chi connectivity index (χ0) is 10.0. The van der Waals surface area contributed by atoms with Crippen LogP contribution in [0, 0.1) is 5.92 Å². The predicted molar refractivity (Wildman–Crippen MR) is 52.7 cm³/mol. The molecule has 5 heteroatoms. The Morgan fingerprint density at radius 3 is 2.54 bits per heavy atom.